The lowest BCUT2D eigenvalue weighted by Gasteiger charge is -1.85. The number of nitrogens with zero attached hydrogens (tertiary/aromatic N) is 2. The zero-order chi connectivity index (χ0) is 6.69. The molecule has 1 aromatic heterocycles. The van der Waals surface area contributed by atoms with Crippen LogP contribution in [0.25, 0.3) is 0 Å². The van der Waals surface area contributed by atoms with Gasteiger partial charge in [0.2, 0.25) is 0 Å². The molecule has 1 heterocycles. The second-order valence-corrected chi connectivity index (χ2v) is 1.49. The van der Waals surface area contributed by atoms with E-state index < -0.39 is 6.03 Å². The third kappa shape index (κ3) is 1.22. The van der Waals surface area contributed by atoms with E-state index in [0.29, 0.717) is 0 Å². The van der Waals surface area contributed by atoms with Crippen LogP contribution in [-0.2, 0) is 0 Å². The van der Waals surface area contributed by atoms with Crippen molar-refractivity contribution in [3.63, 3.8) is 0 Å². The van der Waals surface area contributed by atoms with Crippen LogP contribution in [0.5, 0.6) is 0 Å². The van der Waals surface area contributed by atoms with Crippen molar-refractivity contribution in [1.29, 1.82) is 0 Å². The smallest absolute Gasteiger partial charge is 0.257 e. The van der Waals surface area contributed by atoms with Crippen LogP contribution in [0.3, 0.4) is 0 Å². The third-order valence-corrected chi connectivity index (χ3v) is 0.881. The first-order valence-electron chi connectivity index (χ1n) is 2.42. The highest BCUT2D eigenvalue weighted by molar-refractivity contribution is 5.61. The van der Waals surface area contributed by atoms with Crippen molar-refractivity contribution in [3.05, 3.63) is 24.8 Å². The molecule has 4 heteroatoms. The van der Waals surface area contributed by atoms with Gasteiger partial charge < -0.3 is 0 Å². The van der Waals surface area contributed by atoms with Gasteiger partial charge in [-0.2, -0.15) is 9.36 Å². The summed E-state index contributed by atoms with van der Waals surface area (Å²) >= 11 is 0. The van der Waals surface area contributed by atoms with Crippen LogP contribution in [0.2, 0.25) is 0 Å². The highest BCUT2D eigenvalue weighted by Gasteiger charge is 2.00. The predicted molar refractivity (Wildman–Crippen MR) is 29.4 cm³/mol. The van der Waals surface area contributed by atoms with E-state index >= 15 is 0 Å². The van der Waals surface area contributed by atoms with E-state index in [-0.39, 0.29) is 0 Å². The van der Waals surface area contributed by atoms with Gasteiger partial charge in [-0.05, 0) is 0 Å². The van der Waals surface area contributed by atoms with Crippen molar-refractivity contribution in [3.8, 4) is 0 Å². The normalized spacial score (nSPS) is 8.89. The Morgan fingerprint density at radius 2 is 2.00 bits per heavy atom. The Labute approximate surface area is 51.9 Å². The van der Waals surface area contributed by atoms with Crippen molar-refractivity contribution in [1.82, 2.24) is 4.98 Å². The van der Waals surface area contributed by atoms with Crippen molar-refractivity contribution >= 4 is 6.03 Å². The molecule has 0 aliphatic carbocycles. The summed E-state index contributed by atoms with van der Waals surface area (Å²) in [7, 11) is 0. The van der Waals surface area contributed by atoms with E-state index in [1.807, 2.05) is 0 Å². The van der Waals surface area contributed by atoms with Crippen molar-refractivity contribution < 1.29 is 9.36 Å². The number of aromatic nitrogens is 2. The highest BCUT2D eigenvalue weighted by atomic mass is 16.2. The molecule has 1 amide bonds. The van der Waals surface area contributed by atoms with Gasteiger partial charge in [-0.25, -0.2) is 0 Å². The van der Waals surface area contributed by atoms with Gasteiger partial charge in [0.05, 0.1) is 12.4 Å². The average Bonchev–Trinajstić information content (AvgIpc) is 1.90. The number of carbonyl (C=O) groups excluding carboxylic acids is 1. The minimum absolute atomic E-state index is 0.502. The Balaban J connectivity index is 2.98. The van der Waals surface area contributed by atoms with E-state index in [1.165, 1.54) is 29.4 Å². The van der Waals surface area contributed by atoms with Crippen molar-refractivity contribution in [2.45, 2.75) is 0 Å². The summed E-state index contributed by atoms with van der Waals surface area (Å²) in [5.41, 5.74) is 4.91. The number of hydrogen-bond donors (Lipinski definition) is 1. The fourth-order valence-electron chi connectivity index (χ4n) is 0.467. The van der Waals surface area contributed by atoms with E-state index in [9.17, 15) is 4.79 Å². The Morgan fingerprint density at radius 1 is 1.44 bits per heavy atom. The first-order valence-corrected chi connectivity index (χ1v) is 2.42. The Bertz CT molecular complexity index is 209. The van der Waals surface area contributed by atoms with Gasteiger partial charge >= 0.3 is 6.03 Å². The molecule has 4 nitrogen and oxygen atoms in total. The van der Waals surface area contributed by atoms with Gasteiger partial charge in [-0.3, -0.25) is 10.7 Å². The Morgan fingerprint density at radius 3 is 2.33 bits per heavy atom. The second kappa shape index (κ2) is 2.21. The molecule has 0 unspecified atom stereocenters. The molecule has 9 heavy (non-hydrogen) atoms. The first-order chi connectivity index (χ1) is 4.30. The number of rotatable bonds is 0. The van der Waals surface area contributed by atoms with Gasteiger partial charge in [0, 0.05) is 0 Å². The molecule has 46 valence electrons. The Hall–Kier alpha value is -1.45. The number of nitrogens with two attached hydrogens (primary N) is 1. The minimum atomic E-state index is -0.502. The average molecular weight is 124 g/mol. The maximum Gasteiger partial charge on any atom is 0.493 e. The quantitative estimate of drug-likeness (QED) is 0.465. The van der Waals surface area contributed by atoms with Crippen LogP contribution in [0.1, 0.15) is 0 Å². The highest BCUT2D eigenvalue weighted by Crippen LogP contribution is 1.67. The lowest BCUT2D eigenvalue weighted by molar-refractivity contribution is -0.570. The largest absolute Gasteiger partial charge is 0.493 e. The monoisotopic (exact) mass is 124 g/mol. The minimum Gasteiger partial charge on any atom is -0.257 e. The summed E-state index contributed by atoms with van der Waals surface area (Å²) in [6.07, 6.45) is 5.96. The predicted octanol–water partition coefficient (Wildman–Crippen LogP) is -0.704. The molecular formula is C5H6N3O+. The molecule has 0 radical (unpaired) electrons. The van der Waals surface area contributed by atoms with Gasteiger partial charge in [0.1, 0.15) is 12.4 Å². The summed E-state index contributed by atoms with van der Waals surface area (Å²) in [6, 6.07) is -0.502. The standard InChI is InChI=1S/C5H5N3O/c6-5(9)8-3-1-7-2-4-8/h1-4H,(H-,6,9)/p+1. The maximum absolute atomic E-state index is 10.4. The molecule has 2 N–H and O–H groups in total. The van der Waals surface area contributed by atoms with E-state index in [4.69, 9.17) is 5.73 Å². The van der Waals surface area contributed by atoms with Crippen LogP contribution < -0.4 is 10.3 Å². The zero-order valence-corrected chi connectivity index (χ0v) is 4.69. The Kier molecular flexibility index (Phi) is 1.40. The van der Waals surface area contributed by atoms with Crippen LogP contribution in [-0.4, -0.2) is 11.0 Å². The summed E-state index contributed by atoms with van der Waals surface area (Å²) in [5.74, 6) is 0. The van der Waals surface area contributed by atoms with Crippen LogP contribution >= 0.6 is 0 Å². The van der Waals surface area contributed by atoms with Gasteiger partial charge in [-0.1, -0.05) is 0 Å². The molecule has 1 rings (SSSR count). The molecule has 0 saturated carbocycles. The van der Waals surface area contributed by atoms with Crippen LogP contribution in [0.4, 0.5) is 4.79 Å². The molecule has 0 aliphatic rings. The number of amides is 1. The molecule has 0 aromatic carbocycles. The van der Waals surface area contributed by atoms with Crippen LogP contribution in [0, 0.1) is 0 Å². The molecule has 0 fully saturated rings. The lowest BCUT2D eigenvalue weighted by atomic mass is 10.7. The third-order valence-electron chi connectivity index (χ3n) is 0.881. The van der Waals surface area contributed by atoms with E-state index in [1.54, 1.807) is 0 Å². The summed E-state index contributed by atoms with van der Waals surface area (Å²) < 4.78 is 1.24. The summed E-state index contributed by atoms with van der Waals surface area (Å²) in [6.45, 7) is 0. The second-order valence-electron chi connectivity index (χ2n) is 1.49. The van der Waals surface area contributed by atoms with Gasteiger partial charge in [-0.15, -0.1) is 0 Å². The summed E-state index contributed by atoms with van der Waals surface area (Å²) in [4.78, 5) is 14.1. The molecule has 0 spiro atoms. The van der Waals surface area contributed by atoms with Crippen molar-refractivity contribution in [2.24, 2.45) is 5.73 Å². The fraction of sp³-hybridized carbons (Fsp3) is 0. The summed E-state index contributed by atoms with van der Waals surface area (Å²) in [5, 5.41) is 0. The number of primary amides is 1. The number of hydrogen-bond acceptors (Lipinski definition) is 2. The SMILES string of the molecule is NC(=O)[n+]1ccncc1. The maximum atomic E-state index is 10.4. The fourth-order valence-corrected chi connectivity index (χ4v) is 0.467. The molecule has 0 atom stereocenters. The zero-order valence-electron chi connectivity index (χ0n) is 4.69. The van der Waals surface area contributed by atoms with Crippen molar-refractivity contribution in [2.75, 3.05) is 0 Å². The first kappa shape index (κ1) is 5.68. The lowest BCUT2D eigenvalue weighted by Crippen LogP contribution is -2.46. The molecular weight excluding hydrogens is 118 g/mol. The molecule has 0 saturated heterocycles. The van der Waals surface area contributed by atoms with Gasteiger partial charge in [0.25, 0.3) is 0 Å². The molecule has 1 aromatic rings. The van der Waals surface area contributed by atoms with Gasteiger partial charge in [0.15, 0.2) is 0 Å². The molecule has 0 bridgehead atoms. The topological polar surface area (TPSA) is 59.9 Å². The van der Waals surface area contributed by atoms with E-state index in [0.717, 1.165) is 0 Å². The number of carbonyl (C=O) groups is 1. The molecule has 0 aliphatic heterocycles. The van der Waals surface area contributed by atoms with Crippen LogP contribution in [0.15, 0.2) is 24.8 Å². The van der Waals surface area contributed by atoms with E-state index in [2.05, 4.69) is 4.98 Å².